The molecule has 0 aliphatic heterocycles. The molecule has 6 heteroatoms. The Morgan fingerprint density at radius 1 is 1.62 bits per heavy atom. The second kappa shape index (κ2) is 5.07. The average molecular weight is 241 g/mol. The van der Waals surface area contributed by atoms with Crippen molar-refractivity contribution in [3.8, 4) is 0 Å². The molecule has 3 N–H and O–H groups in total. The number of rotatable bonds is 4. The van der Waals surface area contributed by atoms with E-state index in [1.165, 1.54) is 0 Å². The van der Waals surface area contributed by atoms with Crippen LogP contribution in [-0.2, 0) is 11.3 Å². The van der Waals surface area contributed by atoms with E-state index in [1.54, 1.807) is 13.8 Å². The molecule has 1 heterocycles. The first-order chi connectivity index (χ1) is 7.43. The van der Waals surface area contributed by atoms with Crippen LogP contribution in [0.1, 0.15) is 23.9 Å². The van der Waals surface area contributed by atoms with Crippen LogP contribution in [0.2, 0.25) is 0 Å². The van der Waals surface area contributed by atoms with Crippen LogP contribution < -0.4 is 11.1 Å². The zero-order valence-corrected chi connectivity index (χ0v) is 10.4. The van der Waals surface area contributed by atoms with Gasteiger partial charge in [0.2, 0.25) is 5.91 Å². The number of nitrogens with one attached hydrogen (secondary N) is 1. The van der Waals surface area contributed by atoms with Gasteiger partial charge < -0.3 is 15.6 Å². The van der Waals surface area contributed by atoms with E-state index >= 15 is 0 Å². The second-order valence-electron chi connectivity index (χ2n) is 3.64. The Hall–Kier alpha value is -1.43. The molecule has 1 unspecified atom stereocenters. The van der Waals surface area contributed by atoms with Crippen LogP contribution in [-0.4, -0.2) is 16.1 Å². The lowest BCUT2D eigenvalue weighted by Crippen LogP contribution is -2.35. The number of aromatic nitrogens is 1. The Balaban J connectivity index is 2.59. The predicted octanol–water partition coefficient (Wildman–Crippen LogP) is 0.830. The minimum Gasteiger partial charge on any atom is -0.393 e. The smallest absolute Gasteiger partial charge is 0.229 e. The summed E-state index contributed by atoms with van der Waals surface area (Å²) in [5, 5.41) is 6.54. The zero-order valence-electron chi connectivity index (χ0n) is 9.53. The lowest BCUT2D eigenvalue weighted by molar-refractivity contribution is -0.122. The first-order valence-corrected chi connectivity index (χ1v) is 5.33. The van der Waals surface area contributed by atoms with Crippen molar-refractivity contribution in [1.82, 2.24) is 10.5 Å². The highest BCUT2D eigenvalue weighted by molar-refractivity contribution is 7.80. The predicted molar refractivity (Wildman–Crippen MR) is 63.8 cm³/mol. The van der Waals surface area contributed by atoms with Crippen molar-refractivity contribution in [3.05, 3.63) is 17.0 Å². The molecule has 0 aliphatic rings. The number of thiocarbonyl (C=S) groups is 1. The third kappa shape index (κ3) is 2.79. The SMILES string of the molecule is Cc1noc(C)c1CNC(=O)C(C)C(N)=S. The minimum atomic E-state index is -0.463. The van der Waals surface area contributed by atoms with Gasteiger partial charge in [0.05, 0.1) is 16.6 Å². The van der Waals surface area contributed by atoms with Crippen LogP contribution in [0.3, 0.4) is 0 Å². The Morgan fingerprint density at radius 2 is 2.25 bits per heavy atom. The standard InChI is InChI=1S/C10H15N3O2S/c1-5(9(11)16)10(14)12-4-8-6(2)13-15-7(8)3/h5H,4H2,1-3H3,(H2,11,16)(H,12,14). The highest BCUT2D eigenvalue weighted by atomic mass is 32.1. The van der Waals surface area contributed by atoms with Crippen LogP contribution in [0.15, 0.2) is 4.52 Å². The summed E-state index contributed by atoms with van der Waals surface area (Å²) in [6, 6.07) is 0. The van der Waals surface area contributed by atoms with E-state index in [4.69, 9.17) is 22.5 Å². The molecular formula is C10H15N3O2S. The van der Waals surface area contributed by atoms with Crippen molar-refractivity contribution < 1.29 is 9.32 Å². The molecule has 0 radical (unpaired) electrons. The van der Waals surface area contributed by atoms with Crippen molar-refractivity contribution in [2.24, 2.45) is 11.7 Å². The van der Waals surface area contributed by atoms with E-state index in [0.717, 1.165) is 11.3 Å². The third-order valence-electron chi connectivity index (χ3n) is 2.44. The molecular weight excluding hydrogens is 226 g/mol. The molecule has 0 aromatic carbocycles. The molecule has 0 fully saturated rings. The quantitative estimate of drug-likeness (QED) is 0.763. The second-order valence-corrected chi connectivity index (χ2v) is 4.12. The minimum absolute atomic E-state index is 0.187. The number of nitrogens with zero attached hydrogens (tertiary/aromatic N) is 1. The summed E-state index contributed by atoms with van der Waals surface area (Å²) >= 11 is 4.75. The van der Waals surface area contributed by atoms with Gasteiger partial charge in [-0.1, -0.05) is 17.4 Å². The van der Waals surface area contributed by atoms with Gasteiger partial charge in [0.15, 0.2) is 0 Å². The molecule has 88 valence electrons. The Bertz CT molecular complexity index is 395. The molecule has 0 bridgehead atoms. The molecule has 5 nitrogen and oxygen atoms in total. The maximum atomic E-state index is 11.6. The fraction of sp³-hybridized carbons (Fsp3) is 0.500. The van der Waals surface area contributed by atoms with Gasteiger partial charge in [-0.2, -0.15) is 0 Å². The van der Waals surface area contributed by atoms with Gasteiger partial charge in [-0.25, -0.2) is 0 Å². The van der Waals surface area contributed by atoms with E-state index in [9.17, 15) is 4.79 Å². The number of carbonyl (C=O) groups is 1. The van der Waals surface area contributed by atoms with Gasteiger partial charge in [-0.05, 0) is 20.8 Å². The van der Waals surface area contributed by atoms with Crippen LogP contribution in [0.25, 0.3) is 0 Å². The summed E-state index contributed by atoms with van der Waals surface area (Å²) in [6.07, 6.45) is 0. The van der Waals surface area contributed by atoms with E-state index in [-0.39, 0.29) is 10.9 Å². The number of amides is 1. The monoisotopic (exact) mass is 241 g/mol. The van der Waals surface area contributed by atoms with Crippen molar-refractivity contribution in [2.45, 2.75) is 27.3 Å². The molecule has 0 saturated carbocycles. The molecule has 16 heavy (non-hydrogen) atoms. The highest BCUT2D eigenvalue weighted by Crippen LogP contribution is 2.11. The Morgan fingerprint density at radius 3 is 2.69 bits per heavy atom. The lowest BCUT2D eigenvalue weighted by Gasteiger charge is -2.10. The fourth-order valence-corrected chi connectivity index (χ4v) is 1.32. The largest absolute Gasteiger partial charge is 0.393 e. The van der Waals surface area contributed by atoms with E-state index < -0.39 is 5.92 Å². The number of aryl methyl sites for hydroxylation is 2. The summed E-state index contributed by atoms with van der Waals surface area (Å²) in [5.41, 5.74) is 7.06. The first-order valence-electron chi connectivity index (χ1n) is 4.92. The van der Waals surface area contributed by atoms with Crippen molar-refractivity contribution in [3.63, 3.8) is 0 Å². The molecule has 1 atom stereocenters. The van der Waals surface area contributed by atoms with Gasteiger partial charge in [0, 0.05) is 12.1 Å². The number of hydrogen-bond donors (Lipinski definition) is 2. The summed E-state index contributed by atoms with van der Waals surface area (Å²) < 4.78 is 4.98. The average Bonchev–Trinajstić information content (AvgIpc) is 2.54. The summed E-state index contributed by atoms with van der Waals surface area (Å²) in [4.78, 5) is 11.8. The third-order valence-corrected chi connectivity index (χ3v) is 2.79. The summed E-state index contributed by atoms with van der Waals surface area (Å²) in [7, 11) is 0. The topological polar surface area (TPSA) is 81.2 Å². The van der Waals surface area contributed by atoms with Crippen molar-refractivity contribution >= 4 is 23.1 Å². The van der Waals surface area contributed by atoms with Crippen LogP contribution in [0.4, 0.5) is 0 Å². The van der Waals surface area contributed by atoms with Crippen LogP contribution in [0.5, 0.6) is 0 Å². The van der Waals surface area contributed by atoms with Gasteiger partial charge in [-0.3, -0.25) is 4.79 Å². The summed E-state index contributed by atoms with van der Waals surface area (Å²) in [5.74, 6) is 0.0590. The van der Waals surface area contributed by atoms with Gasteiger partial charge in [-0.15, -0.1) is 0 Å². The maximum Gasteiger partial charge on any atom is 0.229 e. The zero-order chi connectivity index (χ0) is 12.3. The van der Waals surface area contributed by atoms with Gasteiger partial charge in [0.25, 0.3) is 0 Å². The Kier molecular flexibility index (Phi) is 4.00. The first kappa shape index (κ1) is 12.6. The number of hydrogen-bond acceptors (Lipinski definition) is 4. The number of nitrogens with two attached hydrogens (primary N) is 1. The van der Waals surface area contributed by atoms with Gasteiger partial charge >= 0.3 is 0 Å². The van der Waals surface area contributed by atoms with Crippen molar-refractivity contribution in [2.75, 3.05) is 0 Å². The Labute approximate surface area is 99.4 Å². The van der Waals surface area contributed by atoms with Crippen LogP contribution >= 0.6 is 12.2 Å². The molecule has 0 spiro atoms. The molecule has 1 amide bonds. The lowest BCUT2D eigenvalue weighted by atomic mass is 10.1. The highest BCUT2D eigenvalue weighted by Gasteiger charge is 2.16. The molecule has 1 aromatic heterocycles. The maximum absolute atomic E-state index is 11.6. The normalized spacial score (nSPS) is 12.2. The van der Waals surface area contributed by atoms with Gasteiger partial charge in [0.1, 0.15) is 5.76 Å². The molecule has 0 aliphatic carbocycles. The number of carbonyl (C=O) groups excluding carboxylic acids is 1. The van der Waals surface area contributed by atoms with Crippen LogP contribution in [0, 0.1) is 19.8 Å². The molecule has 1 aromatic rings. The fourth-order valence-electron chi connectivity index (χ4n) is 1.21. The molecule has 0 saturated heterocycles. The summed E-state index contributed by atoms with van der Waals surface area (Å²) in [6.45, 7) is 5.69. The van der Waals surface area contributed by atoms with E-state index in [0.29, 0.717) is 12.3 Å². The van der Waals surface area contributed by atoms with E-state index in [2.05, 4.69) is 10.5 Å². The molecule has 1 rings (SSSR count). The van der Waals surface area contributed by atoms with Crippen molar-refractivity contribution in [1.29, 1.82) is 0 Å². The van der Waals surface area contributed by atoms with E-state index in [1.807, 2.05) is 6.92 Å².